The van der Waals surface area contributed by atoms with Gasteiger partial charge in [0.1, 0.15) is 5.82 Å². The molecule has 0 aromatic heterocycles. The average molecular weight is 224 g/mol. The smallest absolute Gasteiger partial charge is 0.324 e. The predicted molar refractivity (Wildman–Crippen MR) is 57.8 cm³/mol. The number of aliphatic hydroxyl groups is 1. The molecule has 5 heteroatoms. The highest BCUT2D eigenvalue weighted by molar-refractivity contribution is 5.94. The Labute approximate surface area is 92.9 Å². The Balaban J connectivity index is 2.19. The number of amides is 2. The molecule has 2 rings (SSSR count). The third kappa shape index (κ3) is 1.86. The third-order valence-electron chi connectivity index (χ3n) is 2.61. The van der Waals surface area contributed by atoms with Crippen LogP contribution >= 0.6 is 0 Å². The lowest BCUT2D eigenvalue weighted by molar-refractivity contribution is 0.199. The molecule has 0 bridgehead atoms. The van der Waals surface area contributed by atoms with Crippen molar-refractivity contribution < 1.29 is 14.3 Å². The monoisotopic (exact) mass is 224 g/mol. The zero-order chi connectivity index (χ0) is 11.5. The van der Waals surface area contributed by atoms with Crippen molar-refractivity contribution in [2.24, 2.45) is 0 Å². The molecule has 1 heterocycles. The van der Waals surface area contributed by atoms with E-state index in [4.69, 9.17) is 5.11 Å². The van der Waals surface area contributed by atoms with E-state index in [1.807, 2.05) is 0 Å². The van der Waals surface area contributed by atoms with E-state index in [1.54, 1.807) is 18.2 Å². The Morgan fingerprint density at radius 3 is 2.75 bits per heavy atom. The fourth-order valence-corrected chi connectivity index (χ4v) is 1.80. The second kappa shape index (κ2) is 4.49. The minimum absolute atomic E-state index is 0.0726. The summed E-state index contributed by atoms with van der Waals surface area (Å²) >= 11 is 0. The van der Waals surface area contributed by atoms with Crippen molar-refractivity contribution >= 4 is 11.7 Å². The summed E-state index contributed by atoms with van der Waals surface area (Å²) in [6.07, 6.45) is 0. The van der Waals surface area contributed by atoms with Gasteiger partial charge < -0.3 is 10.0 Å². The number of hydrogen-bond donors (Lipinski definition) is 1. The summed E-state index contributed by atoms with van der Waals surface area (Å²) in [5.41, 5.74) is 0.299. The number of urea groups is 1. The van der Waals surface area contributed by atoms with Crippen LogP contribution < -0.4 is 4.90 Å². The van der Waals surface area contributed by atoms with Crippen molar-refractivity contribution in [1.29, 1.82) is 0 Å². The number of benzene rings is 1. The number of halogens is 1. The van der Waals surface area contributed by atoms with Gasteiger partial charge in [0, 0.05) is 19.6 Å². The van der Waals surface area contributed by atoms with Crippen LogP contribution in [0.3, 0.4) is 0 Å². The maximum atomic E-state index is 13.5. The molecule has 1 aromatic carbocycles. The van der Waals surface area contributed by atoms with Gasteiger partial charge in [0.25, 0.3) is 0 Å². The number of aliphatic hydroxyl groups excluding tert-OH is 1. The van der Waals surface area contributed by atoms with Crippen LogP contribution in [0.1, 0.15) is 0 Å². The summed E-state index contributed by atoms with van der Waals surface area (Å²) in [4.78, 5) is 14.7. The number of nitrogens with zero attached hydrogens (tertiary/aromatic N) is 2. The molecule has 0 atom stereocenters. The Morgan fingerprint density at radius 1 is 1.31 bits per heavy atom. The van der Waals surface area contributed by atoms with Gasteiger partial charge in [-0.2, -0.15) is 0 Å². The molecule has 86 valence electrons. The lowest BCUT2D eigenvalue weighted by Crippen LogP contribution is -2.33. The number of para-hydroxylation sites is 1. The van der Waals surface area contributed by atoms with Crippen LogP contribution in [0.4, 0.5) is 14.9 Å². The SMILES string of the molecule is O=C1N(CCO)CCN1c1ccccc1F. The topological polar surface area (TPSA) is 43.8 Å². The molecule has 4 nitrogen and oxygen atoms in total. The Hall–Kier alpha value is -1.62. The van der Waals surface area contributed by atoms with Crippen LogP contribution in [-0.4, -0.2) is 42.3 Å². The molecular weight excluding hydrogens is 211 g/mol. The van der Waals surface area contributed by atoms with E-state index in [1.165, 1.54) is 15.9 Å². The van der Waals surface area contributed by atoms with Crippen molar-refractivity contribution in [3.8, 4) is 0 Å². The van der Waals surface area contributed by atoms with Crippen LogP contribution in [0.15, 0.2) is 24.3 Å². The van der Waals surface area contributed by atoms with Crippen molar-refractivity contribution in [2.75, 3.05) is 31.1 Å². The second-order valence-corrected chi connectivity index (χ2v) is 3.60. The molecule has 1 aliphatic rings. The van der Waals surface area contributed by atoms with Gasteiger partial charge in [0.15, 0.2) is 0 Å². The van der Waals surface area contributed by atoms with Crippen LogP contribution in [-0.2, 0) is 0 Å². The van der Waals surface area contributed by atoms with Gasteiger partial charge in [-0.05, 0) is 12.1 Å². The molecule has 0 unspecified atom stereocenters. The number of carbonyl (C=O) groups is 1. The van der Waals surface area contributed by atoms with Crippen molar-refractivity contribution in [3.63, 3.8) is 0 Å². The quantitative estimate of drug-likeness (QED) is 0.834. The van der Waals surface area contributed by atoms with Crippen LogP contribution in [0.2, 0.25) is 0 Å². The first-order valence-corrected chi connectivity index (χ1v) is 5.16. The molecule has 1 aromatic rings. The minimum Gasteiger partial charge on any atom is -0.395 e. The molecule has 0 saturated carbocycles. The Kier molecular flexibility index (Phi) is 3.05. The molecule has 1 saturated heterocycles. The minimum atomic E-state index is -0.401. The summed E-state index contributed by atoms with van der Waals surface area (Å²) in [5.74, 6) is -0.401. The molecule has 1 aliphatic heterocycles. The molecule has 0 aliphatic carbocycles. The van der Waals surface area contributed by atoms with E-state index in [-0.39, 0.29) is 12.6 Å². The second-order valence-electron chi connectivity index (χ2n) is 3.60. The largest absolute Gasteiger partial charge is 0.395 e. The molecule has 2 amide bonds. The summed E-state index contributed by atoms with van der Waals surface area (Å²) < 4.78 is 13.5. The van der Waals surface area contributed by atoms with Gasteiger partial charge in [0.2, 0.25) is 0 Å². The van der Waals surface area contributed by atoms with Crippen LogP contribution in [0.25, 0.3) is 0 Å². The third-order valence-corrected chi connectivity index (χ3v) is 2.61. The van der Waals surface area contributed by atoms with Gasteiger partial charge in [-0.25, -0.2) is 9.18 Å². The van der Waals surface area contributed by atoms with E-state index in [0.29, 0.717) is 25.3 Å². The first-order chi connectivity index (χ1) is 7.74. The predicted octanol–water partition coefficient (Wildman–Crippen LogP) is 1.06. The molecule has 1 fully saturated rings. The van der Waals surface area contributed by atoms with E-state index < -0.39 is 5.82 Å². The van der Waals surface area contributed by atoms with E-state index in [9.17, 15) is 9.18 Å². The van der Waals surface area contributed by atoms with Gasteiger partial charge in [0.05, 0.1) is 12.3 Å². The van der Waals surface area contributed by atoms with Crippen molar-refractivity contribution in [3.05, 3.63) is 30.1 Å². The zero-order valence-corrected chi connectivity index (χ0v) is 8.77. The summed E-state index contributed by atoms with van der Waals surface area (Å²) in [6, 6.07) is 5.94. The normalized spacial score (nSPS) is 16.0. The van der Waals surface area contributed by atoms with Crippen LogP contribution in [0, 0.1) is 5.82 Å². The summed E-state index contributed by atoms with van der Waals surface area (Å²) in [7, 11) is 0. The van der Waals surface area contributed by atoms with Gasteiger partial charge >= 0.3 is 6.03 Å². The maximum Gasteiger partial charge on any atom is 0.324 e. The van der Waals surface area contributed by atoms with Crippen molar-refractivity contribution in [2.45, 2.75) is 0 Å². The van der Waals surface area contributed by atoms with Gasteiger partial charge in [-0.1, -0.05) is 12.1 Å². The molecule has 16 heavy (non-hydrogen) atoms. The van der Waals surface area contributed by atoms with E-state index in [0.717, 1.165) is 0 Å². The molecule has 1 N–H and O–H groups in total. The molecular formula is C11H13FN2O2. The number of hydrogen-bond acceptors (Lipinski definition) is 2. The molecule has 0 radical (unpaired) electrons. The fraction of sp³-hybridized carbons (Fsp3) is 0.364. The van der Waals surface area contributed by atoms with Gasteiger partial charge in [-0.15, -0.1) is 0 Å². The number of rotatable bonds is 3. The average Bonchev–Trinajstić information content (AvgIpc) is 2.62. The number of anilines is 1. The lowest BCUT2D eigenvalue weighted by Gasteiger charge is -2.18. The van der Waals surface area contributed by atoms with E-state index >= 15 is 0 Å². The molecule has 0 spiro atoms. The highest BCUT2D eigenvalue weighted by Crippen LogP contribution is 2.22. The van der Waals surface area contributed by atoms with E-state index in [2.05, 4.69) is 0 Å². The van der Waals surface area contributed by atoms with Crippen molar-refractivity contribution in [1.82, 2.24) is 4.90 Å². The van der Waals surface area contributed by atoms with Gasteiger partial charge in [-0.3, -0.25) is 4.90 Å². The first kappa shape index (κ1) is 10.9. The lowest BCUT2D eigenvalue weighted by atomic mass is 10.3. The van der Waals surface area contributed by atoms with Crippen LogP contribution in [0.5, 0.6) is 0 Å². The highest BCUT2D eigenvalue weighted by Gasteiger charge is 2.30. The maximum absolute atomic E-state index is 13.5. The Bertz CT molecular complexity index is 397. The standard InChI is InChI=1S/C11H13FN2O2/c12-9-3-1-2-4-10(9)14-6-5-13(7-8-15)11(14)16/h1-4,15H,5-8H2. The number of carbonyl (C=O) groups excluding carboxylic acids is 1. The fourth-order valence-electron chi connectivity index (χ4n) is 1.80. The Morgan fingerprint density at radius 2 is 2.06 bits per heavy atom. The highest BCUT2D eigenvalue weighted by atomic mass is 19.1. The summed E-state index contributed by atoms with van der Waals surface area (Å²) in [5, 5.41) is 8.77. The number of β-amino-alcohol motifs (C(OH)–C–C–N with tert-alkyl or cyclic N) is 1. The zero-order valence-electron chi connectivity index (χ0n) is 8.77. The first-order valence-electron chi connectivity index (χ1n) is 5.16. The summed E-state index contributed by atoms with van der Waals surface area (Å²) in [6.45, 7) is 1.20.